The number of ether oxygens (including phenoxy) is 2. The van der Waals surface area contributed by atoms with Crippen LogP contribution >= 0.6 is 27.3 Å². The van der Waals surface area contributed by atoms with Crippen molar-refractivity contribution in [3.05, 3.63) is 56.3 Å². The second-order valence-electron chi connectivity index (χ2n) is 5.94. The van der Waals surface area contributed by atoms with Crippen molar-refractivity contribution in [1.82, 2.24) is 5.16 Å². The average molecular weight is 483 g/mol. The zero-order valence-electron chi connectivity index (χ0n) is 14.6. The van der Waals surface area contributed by atoms with Crippen LogP contribution < -0.4 is 14.2 Å². The summed E-state index contributed by atoms with van der Waals surface area (Å²) >= 11 is 4.64. The van der Waals surface area contributed by atoms with E-state index in [1.165, 1.54) is 11.3 Å². The second-order valence-corrected chi connectivity index (χ2v) is 9.39. The molecule has 0 amide bonds. The van der Waals surface area contributed by atoms with Crippen molar-refractivity contribution in [3.63, 3.8) is 0 Å². The van der Waals surface area contributed by atoms with Gasteiger partial charge in [0.25, 0.3) is 15.9 Å². The normalized spacial score (nSPS) is 13.4. The van der Waals surface area contributed by atoms with E-state index in [0.717, 1.165) is 16.2 Å². The molecule has 0 radical (unpaired) electrons. The molecular weight excluding hydrogens is 468 g/mol. The molecule has 0 saturated heterocycles. The van der Waals surface area contributed by atoms with Gasteiger partial charge in [-0.05, 0) is 52.0 Å². The Labute approximate surface area is 174 Å². The molecule has 0 aliphatic carbocycles. The van der Waals surface area contributed by atoms with Crippen molar-refractivity contribution in [3.8, 4) is 11.5 Å². The van der Waals surface area contributed by atoms with Gasteiger partial charge in [-0.15, -0.1) is 11.3 Å². The predicted molar refractivity (Wildman–Crippen MR) is 109 cm³/mol. The SMILES string of the molecule is Cc1noc(NS(=O)(=O)c2ccsc2CC=Cc2ccc3c(c2)OCO3)c1Br. The van der Waals surface area contributed by atoms with Crippen molar-refractivity contribution in [2.24, 2.45) is 0 Å². The van der Waals surface area contributed by atoms with Crippen molar-refractivity contribution in [2.45, 2.75) is 18.2 Å². The Bertz CT molecular complexity index is 1150. The van der Waals surface area contributed by atoms with E-state index in [9.17, 15) is 8.42 Å². The molecule has 10 heteroatoms. The van der Waals surface area contributed by atoms with E-state index >= 15 is 0 Å². The number of aromatic nitrogens is 1. The lowest BCUT2D eigenvalue weighted by atomic mass is 10.1. The number of rotatable bonds is 6. The summed E-state index contributed by atoms with van der Waals surface area (Å²) in [6, 6.07) is 7.23. The molecule has 1 aromatic carbocycles. The first-order chi connectivity index (χ1) is 13.4. The third-order valence-corrected chi connectivity index (χ3v) is 7.44. The summed E-state index contributed by atoms with van der Waals surface area (Å²) in [7, 11) is -3.79. The predicted octanol–water partition coefficient (Wildman–Crippen LogP) is 4.59. The van der Waals surface area contributed by atoms with E-state index in [2.05, 4.69) is 25.8 Å². The molecule has 146 valence electrons. The van der Waals surface area contributed by atoms with E-state index in [4.69, 9.17) is 14.0 Å². The van der Waals surface area contributed by atoms with E-state index in [0.29, 0.717) is 22.3 Å². The average Bonchev–Trinajstić information content (AvgIpc) is 3.38. The maximum absolute atomic E-state index is 12.7. The lowest BCUT2D eigenvalue weighted by Gasteiger charge is -2.05. The van der Waals surface area contributed by atoms with Gasteiger partial charge in [-0.2, -0.15) is 0 Å². The first-order valence-corrected chi connectivity index (χ1v) is 11.4. The number of aryl methyl sites for hydroxylation is 1. The summed E-state index contributed by atoms with van der Waals surface area (Å²) in [5, 5.41) is 5.48. The van der Waals surface area contributed by atoms with Gasteiger partial charge >= 0.3 is 0 Å². The van der Waals surface area contributed by atoms with Crippen molar-refractivity contribution >= 4 is 49.3 Å². The van der Waals surface area contributed by atoms with Crippen LogP contribution in [0.25, 0.3) is 6.08 Å². The molecule has 0 bridgehead atoms. The number of benzene rings is 1. The molecule has 28 heavy (non-hydrogen) atoms. The topological polar surface area (TPSA) is 90.7 Å². The fourth-order valence-corrected chi connectivity index (χ4v) is 5.44. The molecule has 0 atom stereocenters. The monoisotopic (exact) mass is 482 g/mol. The van der Waals surface area contributed by atoms with Crippen molar-refractivity contribution in [1.29, 1.82) is 0 Å². The Balaban J connectivity index is 1.50. The molecule has 0 saturated carbocycles. The Morgan fingerprint density at radius 2 is 2.11 bits per heavy atom. The molecule has 1 aliphatic rings. The van der Waals surface area contributed by atoms with Crippen LogP contribution in [0.2, 0.25) is 0 Å². The summed E-state index contributed by atoms with van der Waals surface area (Å²) in [6.07, 6.45) is 4.30. The van der Waals surface area contributed by atoms with Gasteiger partial charge in [-0.3, -0.25) is 0 Å². The van der Waals surface area contributed by atoms with Gasteiger partial charge in [0.1, 0.15) is 9.37 Å². The van der Waals surface area contributed by atoms with Gasteiger partial charge in [0.2, 0.25) is 6.79 Å². The van der Waals surface area contributed by atoms with E-state index in [1.54, 1.807) is 18.4 Å². The number of nitrogens with zero attached hydrogens (tertiary/aromatic N) is 1. The lowest BCUT2D eigenvalue weighted by Crippen LogP contribution is -2.13. The summed E-state index contributed by atoms with van der Waals surface area (Å²) < 4.78 is 44.1. The van der Waals surface area contributed by atoms with Crippen LogP contribution in [0, 0.1) is 6.92 Å². The number of thiophene rings is 1. The fourth-order valence-electron chi connectivity index (χ4n) is 2.63. The maximum atomic E-state index is 12.7. The van der Waals surface area contributed by atoms with Crippen LogP contribution in [0.1, 0.15) is 16.1 Å². The summed E-state index contributed by atoms with van der Waals surface area (Å²) in [6.45, 7) is 1.94. The Kier molecular flexibility index (Phi) is 5.17. The Hall–Kier alpha value is -2.30. The first-order valence-electron chi connectivity index (χ1n) is 8.21. The molecule has 1 N–H and O–H groups in total. The van der Waals surface area contributed by atoms with Gasteiger partial charge in [-0.25, -0.2) is 13.1 Å². The smallest absolute Gasteiger partial charge is 0.265 e. The minimum Gasteiger partial charge on any atom is -0.454 e. The van der Waals surface area contributed by atoms with E-state index in [-0.39, 0.29) is 17.6 Å². The largest absolute Gasteiger partial charge is 0.454 e. The third-order valence-electron chi connectivity index (χ3n) is 4.02. The highest BCUT2D eigenvalue weighted by Gasteiger charge is 2.23. The highest BCUT2D eigenvalue weighted by Crippen LogP contribution is 2.33. The molecule has 1 aliphatic heterocycles. The standard InChI is InChI=1S/C18H15BrN2O5S2/c1-11-17(19)18(26-20-11)21-28(22,23)16-7-8-27-15(16)4-2-3-12-5-6-13-14(9-12)25-10-24-13/h2-3,5-9,21H,4,10H2,1H3. The second kappa shape index (κ2) is 7.61. The van der Waals surface area contributed by atoms with Gasteiger partial charge in [-0.1, -0.05) is 23.4 Å². The Morgan fingerprint density at radius 1 is 1.29 bits per heavy atom. The number of hydrogen-bond donors (Lipinski definition) is 1. The van der Waals surface area contributed by atoms with Crippen molar-refractivity contribution < 1.29 is 22.4 Å². The molecule has 0 fully saturated rings. The number of hydrogen-bond acceptors (Lipinski definition) is 7. The third kappa shape index (κ3) is 3.80. The number of fused-ring (bicyclic) bond motifs is 1. The van der Waals surface area contributed by atoms with Crippen LogP contribution in [0.15, 0.2) is 49.6 Å². The van der Waals surface area contributed by atoms with Gasteiger partial charge < -0.3 is 14.0 Å². The van der Waals surface area contributed by atoms with E-state index in [1.807, 2.05) is 30.4 Å². The summed E-state index contributed by atoms with van der Waals surface area (Å²) in [4.78, 5) is 0.936. The first kappa shape index (κ1) is 19.0. The van der Waals surface area contributed by atoms with Crippen molar-refractivity contribution in [2.75, 3.05) is 11.5 Å². The molecular formula is C18H15BrN2O5S2. The summed E-state index contributed by atoms with van der Waals surface area (Å²) in [5.74, 6) is 1.49. The number of sulfonamides is 1. The summed E-state index contributed by atoms with van der Waals surface area (Å²) in [5.41, 5.74) is 1.51. The number of halogens is 1. The fraction of sp³-hybridized carbons (Fsp3) is 0.167. The molecule has 7 nitrogen and oxygen atoms in total. The molecule has 0 unspecified atom stereocenters. The number of anilines is 1. The number of allylic oxidation sites excluding steroid dienone is 1. The van der Waals surface area contributed by atoms with Gasteiger partial charge in [0.05, 0.1) is 5.69 Å². The van der Waals surface area contributed by atoms with Crippen LogP contribution in [0.4, 0.5) is 5.88 Å². The highest BCUT2D eigenvalue weighted by molar-refractivity contribution is 9.10. The molecule has 4 rings (SSSR count). The zero-order valence-corrected chi connectivity index (χ0v) is 17.9. The van der Waals surface area contributed by atoms with Gasteiger partial charge in [0.15, 0.2) is 11.5 Å². The Morgan fingerprint density at radius 3 is 2.89 bits per heavy atom. The minimum absolute atomic E-state index is 0.0607. The maximum Gasteiger partial charge on any atom is 0.265 e. The zero-order chi connectivity index (χ0) is 19.7. The lowest BCUT2D eigenvalue weighted by molar-refractivity contribution is 0.174. The molecule has 0 spiro atoms. The quantitative estimate of drug-likeness (QED) is 0.552. The van der Waals surface area contributed by atoms with Gasteiger partial charge in [0, 0.05) is 11.3 Å². The molecule has 3 aromatic rings. The van der Waals surface area contributed by atoms with Crippen LogP contribution in [-0.4, -0.2) is 20.4 Å². The van der Waals surface area contributed by atoms with Crippen LogP contribution in [-0.2, 0) is 16.4 Å². The number of nitrogens with one attached hydrogen (secondary N) is 1. The highest BCUT2D eigenvalue weighted by atomic mass is 79.9. The minimum atomic E-state index is -3.79. The van der Waals surface area contributed by atoms with Crippen LogP contribution in [0.5, 0.6) is 11.5 Å². The van der Waals surface area contributed by atoms with Crippen LogP contribution in [0.3, 0.4) is 0 Å². The molecule has 2 aromatic heterocycles. The van der Waals surface area contributed by atoms with E-state index < -0.39 is 10.0 Å². The molecule has 3 heterocycles.